The van der Waals surface area contributed by atoms with Crippen LogP contribution in [0.1, 0.15) is 12.5 Å². The predicted octanol–water partition coefficient (Wildman–Crippen LogP) is 3.10. The highest BCUT2D eigenvalue weighted by Crippen LogP contribution is 2.22. The van der Waals surface area contributed by atoms with Crippen LogP contribution >= 0.6 is 11.6 Å². The molecule has 0 aliphatic heterocycles. The Bertz CT molecular complexity index is 1070. The average Bonchev–Trinajstić information content (AvgIpc) is 3.20. The summed E-state index contributed by atoms with van der Waals surface area (Å²) >= 11 is 6.00. The van der Waals surface area contributed by atoms with Crippen molar-refractivity contribution in [2.24, 2.45) is 5.10 Å². The van der Waals surface area contributed by atoms with Crippen molar-refractivity contribution < 1.29 is 0 Å². The number of halogens is 1. The molecule has 0 radical (unpaired) electrons. The molecule has 0 unspecified atom stereocenters. The molecule has 3 aromatic heterocycles. The molecule has 4 rings (SSSR count). The maximum Gasteiger partial charge on any atom is 0.157 e. The van der Waals surface area contributed by atoms with E-state index in [0.29, 0.717) is 16.7 Å². The van der Waals surface area contributed by atoms with Crippen LogP contribution < -0.4 is 5.43 Å². The summed E-state index contributed by atoms with van der Waals surface area (Å²) in [6.07, 6.45) is 6.26. The number of hydrazone groups is 1. The van der Waals surface area contributed by atoms with Crippen molar-refractivity contribution in [3.8, 4) is 5.82 Å². The van der Waals surface area contributed by atoms with Crippen molar-refractivity contribution in [1.82, 2.24) is 29.7 Å². The molecule has 26 heavy (non-hydrogen) atoms. The van der Waals surface area contributed by atoms with Gasteiger partial charge in [-0.25, -0.2) is 24.6 Å². The minimum atomic E-state index is 0.609. The minimum absolute atomic E-state index is 0.609. The van der Waals surface area contributed by atoms with E-state index in [9.17, 15) is 0 Å². The van der Waals surface area contributed by atoms with E-state index in [1.54, 1.807) is 29.3 Å². The van der Waals surface area contributed by atoms with Gasteiger partial charge in [-0.2, -0.15) is 10.2 Å². The zero-order valence-electron chi connectivity index (χ0n) is 13.7. The quantitative estimate of drug-likeness (QED) is 0.441. The van der Waals surface area contributed by atoms with Crippen molar-refractivity contribution in [1.29, 1.82) is 0 Å². The first-order chi connectivity index (χ1) is 12.7. The average molecular weight is 365 g/mol. The first-order valence-corrected chi connectivity index (χ1v) is 8.10. The van der Waals surface area contributed by atoms with Crippen LogP contribution in [0.4, 0.5) is 5.82 Å². The standard InChI is InChI=1S/C17H13ClN8/c1-11(12-2-5-16(20-7-12)26-10-19-8-23-26)24-25-17-14-4-3-13(18)6-15(14)21-9-22-17/h2-10H,1H3,(H,21,22,25). The van der Waals surface area contributed by atoms with E-state index in [1.165, 1.54) is 12.7 Å². The van der Waals surface area contributed by atoms with E-state index in [4.69, 9.17) is 11.6 Å². The maximum absolute atomic E-state index is 6.00. The SMILES string of the molecule is CC(=NNc1ncnc2cc(Cl)ccc12)c1ccc(-n2cncn2)nc1. The van der Waals surface area contributed by atoms with Gasteiger partial charge in [0.05, 0.1) is 11.2 Å². The van der Waals surface area contributed by atoms with E-state index in [1.807, 2.05) is 25.1 Å². The van der Waals surface area contributed by atoms with Crippen molar-refractivity contribution in [2.45, 2.75) is 6.92 Å². The molecule has 0 atom stereocenters. The van der Waals surface area contributed by atoms with Crippen LogP contribution in [0.5, 0.6) is 0 Å². The highest BCUT2D eigenvalue weighted by atomic mass is 35.5. The monoisotopic (exact) mass is 364 g/mol. The van der Waals surface area contributed by atoms with Crippen LogP contribution in [-0.4, -0.2) is 35.4 Å². The number of hydrogen-bond donors (Lipinski definition) is 1. The lowest BCUT2D eigenvalue weighted by Crippen LogP contribution is -2.04. The third-order valence-corrected chi connectivity index (χ3v) is 3.98. The first-order valence-electron chi connectivity index (χ1n) is 7.73. The fourth-order valence-corrected chi connectivity index (χ4v) is 2.55. The molecule has 3 heterocycles. The van der Waals surface area contributed by atoms with Crippen molar-refractivity contribution in [3.63, 3.8) is 0 Å². The minimum Gasteiger partial charge on any atom is -0.260 e. The van der Waals surface area contributed by atoms with Gasteiger partial charge in [0.2, 0.25) is 0 Å². The largest absolute Gasteiger partial charge is 0.260 e. The Morgan fingerprint density at radius 1 is 1.12 bits per heavy atom. The summed E-state index contributed by atoms with van der Waals surface area (Å²) in [5, 5.41) is 9.91. The molecule has 9 heteroatoms. The molecule has 0 spiro atoms. The second-order valence-electron chi connectivity index (χ2n) is 5.44. The molecule has 1 aromatic carbocycles. The van der Waals surface area contributed by atoms with Gasteiger partial charge in [0.25, 0.3) is 0 Å². The Kier molecular flexibility index (Phi) is 4.24. The van der Waals surface area contributed by atoms with Crippen LogP contribution in [0, 0.1) is 0 Å². The van der Waals surface area contributed by atoms with Crippen molar-refractivity contribution in [3.05, 3.63) is 66.1 Å². The molecule has 0 saturated carbocycles. The van der Waals surface area contributed by atoms with E-state index >= 15 is 0 Å². The molecule has 0 aliphatic rings. The molecule has 4 aromatic rings. The molecule has 1 N–H and O–H groups in total. The number of aromatic nitrogens is 6. The van der Waals surface area contributed by atoms with Crippen molar-refractivity contribution in [2.75, 3.05) is 5.43 Å². The van der Waals surface area contributed by atoms with Gasteiger partial charge in [0.1, 0.15) is 19.0 Å². The number of anilines is 1. The molecule has 8 nitrogen and oxygen atoms in total. The van der Waals surface area contributed by atoms with Crippen LogP contribution in [0.15, 0.2) is 60.6 Å². The Hall–Kier alpha value is -3.39. The second-order valence-corrected chi connectivity index (χ2v) is 5.87. The van der Waals surface area contributed by atoms with Crippen molar-refractivity contribution >= 4 is 34.0 Å². The third-order valence-electron chi connectivity index (χ3n) is 3.75. The second kappa shape index (κ2) is 6.85. The Labute approximate surface area is 153 Å². The third kappa shape index (κ3) is 3.22. The number of fused-ring (bicyclic) bond motifs is 1. The highest BCUT2D eigenvalue weighted by molar-refractivity contribution is 6.31. The smallest absolute Gasteiger partial charge is 0.157 e. The molecular weight excluding hydrogens is 352 g/mol. The molecular formula is C17H13ClN8. The van der Waals surface area contributed by atoms with E-state index in [2.05, 4.69) is 35.6 Å². The maximum atomic E-state index is 6.00. The predicted molar refractivity (Wildman–Crippen MR) is 99.5 cm³/mol. The topological polar surface area (TPSA) is 93.8 Å². The van der Waals surface area contributed by atoms with Crippen LogP contribution in [0.25, 0.3) is 16.7 Å². The Morgan fingerprint density at radius 3 is 2.81 bits per heavy atom. The number of nitrogens with one attached hydrogen (secondary N) is 1. The zero-order chi connectivity index (χ0) is 17.9. The van der Waals surface area contributed by atoms with E-state index in [0.717, 1.165) is 22.2 Å². The molecule has 0 fully saturated rings. The first kappa shape index (κ1) is 16.1. The summed E-state index contributed by atoms with van der Waals surface area (Å²) in [6, 6.07) is 9.21. The summed E-state index contributed by atoms with van der Waals surface area (Å²) in [6.45, 7) is 1.89. The summed E-state index contributed by atoms with van der Waals surface area (Å²) in [5.74, 6) is 1.30. The number of benzene rings is 1. The molecule has 128 valence electrons. The fourth-order valence-electron chi connectivity index (χ4n) is 2.38. The summed E-state index contributed by atoms with van der Waals surface area (Å²) in [7, 11) is 0. The van der Waals surface area contributed by atoms with Crippen LogP contribution in [0.2, 0.25) is 5.02 Å². The number of pyridine rings is 1. The number of rotatable bonds is 4. The lowest BCUT2D eigenvalue weighted by atomic mass is 10.2. The van der Waals surface area contributed by atoms with Gasteiger partial charge in [0, 0.05) is 22.2 Å². The van der Waals surface area contributed by atoms with Gasteiger partial charge in [0.15, 0.2) is 11.6 Å². The van der Waals surface area contributed by atoms with Crippen LogP contribution in [-0.2, 0) is 0 Å². The molecule has 0 aliphatic carbocycles. The van der Waals surface area contributed by atoms with Gasteiger partial charge < -0.3 is 0 Å². The molecule has 0 amide bonds. The van der Waals surface area contributed by atoms with E-state index in [-0.39, 0.29) is 0 Å². The Balaban J connectivity index is 1.57. The summed E-state index contributed by atoms with van der Waals surface area (Å²) in [5.41, 5.74) is 5.38. The van der Waals surface area contributed by atoms with Gasteiger partial charge in [-0.15, -0.1) is 0 Å². The Morgan fingerprint density at radius 2 is 2.04 bits per heavy atom. The lowest BCUT2D eigenvalue weighted by Gasteiger charge is -2.06. The lowest BCUT2D eigenvalue weighted by molar-refractivity contribution is 0.845. The van der Waals surface area contributed by atoms with Gasteiger partial charge in [-0.1, -0.05) is 11.6 Å². The van der Waals surface area contributed by atoms with Crippen LogP contribution in [0.3, 0.4) is 0 Å². The zero-order valence-corrected chi connectivity index (χ0v) is 14.5. The highest BCUT2D eigenvalue weighted by Gasteiger charge is 2.05. The summed E-state index contributed by atoms with van der Waals surface area (Å²) < 4.78 is 1.59. The van der Waals surface area contributed by atoms with Gasteiger partial charge in [-0.05, 0) is 37.3 Å². The van der Waals surface area contributed by atoms with Gasteiger partial charge in [-0.3, -0.25) is 5.43 Å². The van der Waals surface area contributed by atoms with Gasteiger partial charge >= 0.3 is 0 Å². The summed E-state index contributed by atoms with van der Waals surface area (Å²) in [4.78, 5) is 16.7. The number of nitrogens with zero attached hydrogens (tertiary/aromatic N) is 7. The van der Waals surface area contributed by atoms with E-state index < -0.39 is 0 Å². The molecule has 0 bridgehead atoms. The normalized spacial score (nSPS) is 11.7. The fraction of sp³-hybridized carbons (Fsp3) is 0.0588. The number of hydrogen-bond acceptors (Lipinski definition) is 7. The molecule has 0 saturated heterocycles.